The number of aromatic nitrogens is 1. The Balaban J connectivity index is 2.66. The lowest BCUT2D eigenvalue weighted by Crippen LogP contribution is -2.05. The average Bonchev–Trinajstić information content (AvgIpc) is 2.83. The largest absolute Gasteiger partial charge is 0.329 e. The van der Waals surface area contributed by atoms with Gasteiger partial charge in [0.15, 0.2) is 0 Å². The van der Waals surface area contributed by atoms with E-state index < -0.39 is 0 Å². The van der Waals surface area contributed by atoms with Gasteiger partial charge in [-0.3, -0.25) is 8.77 Å². The number of nitrogens with one attached hydrogen (secondary N) is 1. The van der Waals surface area contributed by atoms with Gasteiger partial charge in [-0.05, 0) is 18.2 Å². The maximum atomic E-state index is 12.2. The van der Waals surface area contributed by atoms with E-state index in [1.807, 2.05) is 12.3 Å². The van der Waals surface area contributed by atoms with Gasteiger partial charge in [-0.1, -0.05) is 30.1 Å². The van der Waals surface area contributed by atoms with Crippen LogP contribution in [0.4, 0.5) is 5.69 Å². The summed E-state index contributed by atoms with van der Waals surface area (Å²) in [4.78, 5) is 12.2. The molecule has 0 atom stereocenters. The van der Waals surface area contributed by atoms with E-state index in [2.05, 4.69) is 32.5 Å². The van der Waals surface area contributed by atoms with Gasteiger partial charge in [-0.2, -0.15) is 5.26 Å². The summed E-state index contributed by atoms with van der Waals surface area (Å²) in [6.07, 6.45) is 1.90. The first-order chi connectivity index (χ1) is 10.0. The highest BCUT2D eigenvalue weighted by Crippen LogP contribution is 2.35. The molecule has 0 aliphatic heterocycles. The van der Waals surface area contributed by atoms with E-state index >= 15 is 0 Å². The molecular weight excluding hydrogens is 441 g/mol. The van der Waals surface area contributed by atoms with E-state index in [0.717, 1.165) is 16.6 Å². The van der Waals surface area contributed by atoms with Gasteiger partial charge in [0, 0.05) is 42.0 Å². The zero-order chi connectivity index (χ0) is 15.6. The van der Waals surface area contributed by atoms with Crippen LogP contribution in [0.1, 0.15) is 10.5 Å². The standard InChI is InChI=1S/C13H9ClIN3OS2/c1-7(6-16)13(19)12-4-8-3-10(17-20-2)9(14)5-11(8)18(12)21-15/h3-5,17H,1H2,2H3. The minimum Gasteiger partial charge on any atom is -0.329 e. The number of anilines is 1. The summed E-state index contributed by atoms with van der Waals surface area (Å²) < 4.78 is 4.84. The number of benzene rings is 1. The number of carbonyl (C=O) groups excluding carboxylic acids is 1. The third kappa shape index (κ3) is 3.18. The first-order valence-electron chi connectivity index (χ1n) is 5.60. The number of halogens is 2. The van der Waals surface area contributed by atoms with Gasteiger partial charge >= 0.3 is 0 Å². The molecule has 0 radical (unpaired) electrons. The highest BCUT2D eigenvalue weighted by molar-refractivity contribution is 14.2. The number of nitriles is 1. The Morgan fingerprint density at radius 2 is 2.24 bits per heavy atom. The molecule has 8 heteroatoms. The van der Waals surface area contributed by atoms with Crippen molar-refractivity contribution in [2.45, 2.75) is 0 Å². The zero-order valence-electron chi connectivity index (χ0n) is 10.8. The quantitative estimate of drug-likeness (QED) is 0.226. The average molecular weight is 450 g/mol. The van der Waals surface area contributed by atoms with Crippen molar-refractivity contribution < 1.29 is 4.79 Å². The van der Waals surface area contributed by atoms with Gasteiger partial charge in [-0.25, -0.2) is 0 Å². The Bertz CT molecular complexity index is 782. The van der Waals surface area contributed by atoms with Crippen molar-refractivity contribution in [1.82, 2.24) is 3.97 Å². The fraction of sp³-hybridized carbons (Fsp3) is 0.0769. The van der Waals surface area contributed by atoms with Gasteiger partial charge in [-0.15, -0.1) is 0 Å². The second-order valence-corrected chi connectivity index (χ2v) is 6.71. The monoisotopic (exact) mass is 449 g/mol. The Kier molecular flexibility index (Phi) is 5.48. The molecule has 0 fully saturated rings. The summed E-state index contributed by atoms with van der Waals surface area (Å²) >= 11 is 9.75. The lowest BCUT2D eigenvalue weighted by atomic mass is 10.1. The number of rotatable bonds is 5. The third-order valence-corrected chi connectivity index (χ3v) is 5.22. The van der Waals surface area contributed by atoms with E-state index in [9.17, 15) is 4.79 Å². The van der Waals surface area contributed by atoms with Crippen molar-refractivity contribution in [1.29, 1.82) is 5.26 Å². The SMILES string of the molecule is C=C(C#N)C(=O)c1cc2cc(NSC)c(Cl)cc2n1SI. The van der Waals surface area contributed by atoms with Gasteiger partial charge < -0.3 is 4.72 Å². The Morgan fingerprint density at radius 3 is 2.81 bits per heavy atom. The molecule has 108 valence electrons. The van der Waals surface area contributed by atoms with Crippen molar-refractivity contribution >= 4 is 76.2 Å². The van der Waals surface area contributed by atoms with Gasteiger partial charge in [0.05, 0.1) is 21.8 Å². The molecule has 1 aromatic carbocycles. The van der Waals surface area contributed by atoms with Crippen molar-refractivity contribution in [3.63, 3.8) is 0 Å². The second-order valence-electron chi connectivity index (χ2n) is 4.01. The van der Waals surface area contributed by atoms with Crippen LogP contribution < -0.4 is 4.72 Å². The molecule has 0 spiro atoms. The predicted molar refractivity (Wildman–Crippen MR) is 100 cm³/mol. The first kappa shape index (κ1) is 16.5. The highest BCUT2D eigenvalue weighted by Gasteiger charge is 2.19. The van der Waals surface area contributed by atoms with Gasteiger partial charge in [0.25, 0.3) is 0 Å². The van der Waals surface area contributed by atoms with E-state index in [1.165, 1.54) is 21.1 Å². The molecule has 2 rings (SSSR count). The number of fused-ring (bicyclic) bond motifs is 1. The third-order valence-electron chi connectivity index (χ3n) is 2.77. The van der Waals surface area contributed by atoms with Gasteiger partial charge in [0.1, 0.15) is 11.8 Å². The minimum atomic E-state index is -0.381. The molecule has 1 aromatic heterocycles. The maximum absolute atomic E-state index is 12.2. The highest BCUT2D eigenvalue weighted by atomic mass is 127. The Hall–Kier alpha value is -0.820. The van der Waals surface area contributed by atoms with Crippen LogP contribution in [0.25, 0.3) is 10.9 Å². The van der Waals surface area contributed by atoms with Crippen LogP contribution in [0, 0.1) is 11.3 Å². The molecule has 1 heterocycles. The maximum Gasteiger partial charge on any atom is 0.220 e. The molecule has 0 saturated carbocycles. The molecule has 4 nitrogen and oxygen atoms in total. The number of allylic oxidation sites excluding steroid dienone is 1. The lowest BCUT2D eigenvalue weighted by molar-refractivity contribution is 0.103. The molecule has 0 unspecified atom stereocenters. The number of carbonyl (C=O) groups is 1. The molecule has 0 saturated heterocycles. The summed E-state index contributed by atoms with van der Waals surface area (Å²) in [5, 5.41) is 10.3. The molecule has 0 aliphatic rings. The van der Waals surface area contributed by atoms with Crippen LogP contribution in [0.5, 0.6) is 0 Å². The van der Waals surface area contributed by atoms with Crippen LogP contribution in [0.15, 0.2) is 30.4 Å². The number of hydrogen-bond acceptors (Lipinski definition) is 5. The molecule has 2 aromatic rings. The minimum absolute atomic E-state index is 0.0851. The zero-order valence-corrected chi connectivity index (χ0v) is 15.4. The molecule has 0 amide bonds. The van der Waals surface area contributed by atoms with Crippen molar-refractivity contribution in [2.75, 3.05) is 11.0 Å². The van der Waals surface area contributed by atoms with Crippen molar-refractivity contribution in [3.05, 3.63) is 41.1 Å². The number of nitrogens with zero attached hydrogens (tertiary/aromatic N) is 2. The van der Waals surface area contributed by atoms with E-state index in [0.29, 0.717) is 10.7 Å². The van der Waals surface area contributed by atoms with E-state index in [-0.39, 0.29) is 11.4 Å². The summed E-state index contributed by atoms with van der Waals surface area (Å²) in [6, 6.07) is 7.21. The lowest BCUT2D eigenvalue weighted by Gasteiger charge is -2.07. The molecular formula is C13H9ClIN3OS2. The fourth-order valence-electron chi connectivity index (χ4n) is 1.83. The number of ketones is 1. The van der Waals surface area contributed by atoms with E-state index in [4.69, 9.17) is 16.9 Å². The van der Waals surface area contributed by atoms with Crippen molar-refractivity contribution in [3.8, 4) is 6.07 Å². The van der Waals surface area contributed by atoms with Crippen LogP contribution in [-0.2, 0) is 0 Å². The summed E-state index contributed by atoms with van der Waals surface area (Å²) in [5.74, 6) is -0.381. The van der Waals surface area contributed by atoms with Crippen LogP contribution in [0.2, 0.25) is 5.02 Å². The van der Waals surface area contributed by atoms with Crippen molar-refractivity contribution in [2.24, 2.45) is 0 Å². The Morgan fingerprint density at radius 1 is 1.52 bits per heavy atom. The van der Waals surface area contributed by atoms with Crippen LogP contribution in [-0.4, -0.2) is 16.0 Å². The van der Waals surface area contributed by atoms with Gasteiger partial charge in [0.2, 0.25) is 5.78 Å². The summed E-state index contributed by atoms with van der Waals surface area (Å²) in [6.45, 7) is 3.48. The second kappa shape index (κ2) is 6.96. The van der Waals surface area contributed by atoms with Crippen LogP contribution >= 0.6 is 53.9 Å². The molecule has 21 heavy (non-hydrogen) atoms. The fourth-order valence-corrected chi connectivity index (χ4v) is 4.20. The molecule has 1 N–H and O–H groups in total. The smallest absolute Gasteiger partial charge is 0.220 e. The molecule has 0 bridgehead atoms. The first-order valence-corrected chi connectivity index (χ1v) is 10.5. The molecule has 0 aliphatic carbocycles. The number of hydrogen-bond donors (Lipinski definition) is 1. The van der Waals surface area contributed by atoms with E-state index in [1.54, 1.807) is 22.2 Å². The topological polar surface area (TPSA) is 57.8 Å². The predicted octanol–water partition coefficient (Wildman–Crippen LogP) is 5.09. The summed E-state index contributed by atoms with van der Waals surface area (Å²) in [7, 11) is 1.35. The van der Waals surface area contributed by atoms with Crippen LogP contribution in [0.3, 0.4) is 0 Å². The Labute approximate surface area is 147 Å². The number of Topliss-reactive ketones (excluding diaryl/α,β-unsaturated/α-hetero) is 1. The summed E-state index contributed by atoms with van der Waals surface area (Å²) in [5.41, 5.74) is 1.93. The normalized spacial score (nSPS) is 10.4.